The molecular weight excluding hydrogens is 222 g/mol. The number of carbonyl (C=O) groups is 1. The third kappa shape index (κ3) is 3.30. The van der Waals surface area contributed by atoms with Gasteiger partial charge in [0.1, 0.15) is 0 Å². The molecule has 2 atom stereocenters. The topological polar surface area (TPSA) is 50.2 Å². The summed E-state index contributed by atoms with van der Waals surface area (Å²) in [6.07, 6.45) is 1.06. The summed E-state index contributed by atoms with van der Waals surface area (Å²) in [4.78, 5) is 14.9. The van der Waals surface area contributed by atoms with E-state index in [2.05, 4.69) is 32.7 Å². The van der Waals surface area contributed by atoms with Crippen LogP contribution in [0, 0.1) is 11.8 Å². The van der Waals surface area contributed by atoms with Crippen molar-refractivity contribution in [1.82, 2.24) is 4.98 Å². The lowest BCUT2D eigenvalue weighted by atomic mass is 9.89. The highest BCUT2D eigenvalue weighted by Gasteiger charge is 2.17. The molecule has 0 spiro atoms. The standard InChI is InChI=1S/C12H19NO2S/c1-7(2)8(3)5-9(4)11-13-10(6-16-11)12(14)15/h6-9H,5H2,1-4H3,(H,14,15)/t8-,9-/m1/s1. The minimum Gasteiger partial charge on any atom is -0.476 e. The first-order valence-corrected chi connectivity index (χ1v) is 6.48. The van der Waals surface area contributed by atoms with Crippen molar-refractivity contribution in [2.75, 3.05) is 0 Å². The Morgan fingerprint density at radius 1 is 1.44 bits per heavy atom. The Labute approximate surface area is 101 Å². The van der Waals surface area contributed by atoms with Gasteiger partial charge in [0.15, 0.2) is 5.69 Å². The van der Waals surface area contributed by atoms with Crippen LogP contribution in [0.1, 0.15) is 55.5 Å². The average molecular weight is 241 g/mol. The molecular formula is C12H19NO2S. The van der Waals surface area contributed by atoms with E-state index in [1.165, 1.54) is 11.3 Å². The van der Waals surface area contributed by atoms with E-state index in [4.69, 9.17) is 5.11 Å². The van der Waals surface area contributed by atoms with Crippen LogP contribution in [0.15, 0.2) is 5.38 Å². The highest BCUT2D eigenvalue weighted by atomic mass is 32.1. The van der Waals surface area contributed by atoms with Crippen LogP contribution < -0.4 is 0 Å². The van der Waals surface area contributed by atoms with Crippen LogP contribution in [-0.2, 0) is 0 Å². The molecule has 1 aromatic rings. The van der Waals surface area contributed by atoms with Crippen molar-refractivity contribution in [1.29, 1.82) is 0 Å². The second-order valence-corrected chi connectivity index (χ2v) is 5.62. The zero-order valence-corrected chi connectivity index (χ0v) is 11.0. The summed E-state index contributed by atoms with van der Waals surface area (Å²) in [5, 5.41) is 11.3. The quantitative estimate of drug-likeness (QED) is 0.856. The number of hydrogen-bond donors (Lipinski definition) is 1. The molecule has 4 heteroatoms. The van der Waals surface area contributed by atoms with Gasteiger partial charge in [-0.3, -0.25) is 0 Å². The number of thiazole rings is 1. The van der Waals surface area contributed by atoms with Gasteiger partial charge in [-0.1, -0.05) is 27.7 Å². The molecule has 0 radical (unpaired) electrons. The average Bonchev–Trinajstić information content (AvgIpc) is 2.65. The lowest BCUT2D eigenvalue weighted by Crippen LogP contribution is -2.08. The number of carboxylic acids is 1. The number of aromatic nitrogens is 1. The molecule has 90 valence electrons. The maximum atomic E-state index is 10.7. The van der Waals surface area contributed by atoms with Crippen LogP contribution in [0.25, 0.3) is 0 Å². The van der Waals surface area contributed by atoms with Gasteiger partial charge < -0.3 is 5.11 Å². The summed E-state index contributed by atoms with van der Waals surface area (Å²) in [5.74, 6) is 0.690. The van der Waals surface area contributed by atoms with E-state index in [1.807, 2.05) is 0 Å². The minimum atomic E-state index is -0.938. The van der Waals surface area contributed by atoms with Crippen LogP contribution in [0.2, 0.25) is 0 Å². The molecule has 1 aromatic heterocycles. The highest BCUT2D eigenvalue weighted by molar-refractivity contribution is 7.09. The molecule has 0 aromatic carbocycles. The Morgan fingerprint density at radius 2 is 2.06 bits per heavy atom. The molecule has 0 saturated heterocycles. The van der Waals surface area contributed by atoms with Crippen molar-refractivity contribution in [3.8, 4) is 0 Å². The second-order valence-electron chi connectivity index (χ2n) is 4.73. The minimum absolute atomic E-state index is 0.170. The molecule has 1 N–H and O–H groups in total. The van der Waals surface area contributed by atoms with Gasteiger partial charge in [0, 0.05) is 11.3 Å². The zero-order chi connectivity index (χ0) is 12.3. The van der Waals surface area contributed by atoms with E-state index >= 15 is 0 Å². The van der Waals surface area contributed by atoms with Gasteiger partial charge in [0.2, 0.25) is 0 Å². The summed E-state index contributed by atoms with van der Waals surface area (Å²) in [6, 6.07) is 0. The Bertz CT molecular complexity index is 360. The molecule has 16 heavy (non-hydrogen) atoms. The third-order valence-electron chi connectivity index (χ3n) is 3.03. The largest absolute Gasteiger partial charge is 0.476 e. The van der Waals surface area contributed by atoms with Crippen molar-refractivity contribution in [2.45, 2.75) is 40.0 Å². The van der Waals surface area contributed by atoms with Crippen LogP contribution in [0.5, 0.6) is 0 Å². The summed E-state index contributed by atoms with van der Waals surface area (Å²) >= 11 is 1.45. The lowest BCUT2D eigenvalue weighted by Gasteiger charge is -2.18. The van der Waals surface area contributed by atoms with Gasteiger partial charge in [-0.05, 0) is 18.3 Å². The van der Waals surface area contributed by atoms with E-state index < -0.39 is 5.97 Å². The molecule has 1 heterocycles. The first-order chi connectivity index (χ1) is 7.41. The monoisotopic (exact) mass is 241 g/mol. The molecule has 0 amide bonds. The summed E-state index contributed by atoms with van der Waals surface area (Å²) in [7, 11) is 0. The molecule has 0 aliphatic carbocycles. The summed E-state index contributed by atoms with van der Waals surface area (Å²) in [5.41, 5.74) is 0.170. The zero-order valence-electron chi connectivity index (χ0n) is 10.2. The smallest absolute Gasteiger partial charge is 0.355 e. The lowest BCUT2D eigenvalue weighted by molar-refractivity contribution is 0.0691. The van der Waals surface area contributed by atoms with Crippen LogP contribution in [0.4, 0.5) is 0 Å². The van der Waals surface area contributed by atoms with Crippen LogP contribution in [0.3, 0.4) is 0 Å². The van der Waals surface area contributed by atoms with E-state index in [-0.39, 0.29) is 5.69 Å². The molecule has 1 rings (SSSR count). The SMILES string of the molecule is CC(C)[C@H](C)C[C@@H](C)c1nc(C(=O)O)cs1. The Kier molecular flexibility index (Phi) is 4.47. The van der Waals surface area contributed by atoms with Crippen molar-refractivity contribution in [3.05, 3.63) is 16.1 Å². The summed E-state index contributed by atoms with van der Waals surface area (Å²) in [6.45, 7) is 8.76. The number of hydrogen-bond acceptors (Lipinski definition) is 3. The Hall–Kier alpha value is -0.900. The first kappa shape index (κ1) is 13.2. The third-order valence-corrected chi connectivity index (χ3v) is 4.10. The van der Waals surface area contributed by atoms with E-state index in [0.717, 1.165) is 11.4 Å². The maximum absolute atomic E-state index is 10.7. The molecule has 0 aliphatic rings. The van der Waals surface area contributed by atoms with Crippen molar-refractivity contribution in [2.24, 2.45) is 11.8 Å². The first-order valence-electron chi connectivity index (χ1n) is 5.60. The van der Waals surface area contributed by atoms with Crippen molar-refractivity contribution in [3.63, 3.8) is 0 Å². The molecule has 0 fully saturated rings. The maximum Gasteiger partial charge on any atom is 0.355 e. The molecule has 0 aliphatic heterocycles. The predicted molar refractivity (Wildman–Crippen MR) is 66.1 cm³/mol. The Morgan fingerprint density at radius 3 is 2.50 bits per heavy atom. The normalized spacial score (nSPS) is 15.1. The fourth-order valence-electron chi connectivity index (χ4n) is 1.54. The van der Waals surface area contributed by atoms with E-state index in [9.17, 15) is 4.79 Å². The molecule has 0 bridgehead atoms. The molecule has 0 unspecified atom stereocenters. The fourth-order valence-corrected chi connectivity index (χ4v) is 2.41. The van der Waals surface area contributed by atoms with Gasteiger partial charge in [0.05, 0.1) is 5.01 Å². The Balaban J connectivity index is 2.65. The van der Waals surface area contributed by atoms with Gasteiger partial charge >= 0.3 is 5.97 Å². The van der Waals surface area contributed by atoms with Gasteiger partial charge in [0.25, 0.3) is 0 Å². The van der Waals surface area contributed by atoms with E-state index in [0.29, 0.717) is 17.8 Å². The molecule has 3 nitrogen and oxygen atoms in total. The predicted octanol–water partition coefficient (Wildman–Crippen LogP) is 3.63. The van der Waals surface area contributed by atoms with Gasteiger partial charge in [-0.25, -0.2) is 9.78 Å². The van der Waals surface area contributed by atoms with Crippen LogP contribution in [-0.4, -0.2) is 16.1 Å². The number of rotatable bonds is 5. The van der Waals surface area contributed by atoms with E-state index in [1.54, 1.807) is 5.38 Å². The van der Waals surface area contributed by atoms with Gasteiger partial charge in [-0.15, -0.1) is 11.3 Å². The number of nitrogens with zero attached hydrogens (tertiary/aromatic N) is 1. The molecule has 0 saturated carbocycles. The summed E-state index contributed by atoms with van der Waals surface area (Å²) < 4.78 is 0. The highest BCUT2D eigenvalue weighted by Crippen LogP contribution is 2.29. The van der Waals surface area contributed by atoms with Crippen molar-refractivity contribution < 1.29 is 9.90 Å². The number of aromatic carboxylic acids is 1. The van der Waals surface area contributed by atoms with Crippen molar-refractivity contribution >= 4 is 17.3 Å². The van der Waals surface area contributed by atoms with Crippen LogP contribution >= 0.6 is 11.3 Å². The van der Waals surface area contributed by atoms with Gasteiger partial charge in [-0.2, -0.15) is 0 Å². The second kappa shape index (κ2) is 5.43. The number of carboxylic acid groups (broad SMARTS) is 1. The fraction of sp³-hybridized carbons (Fsp3) is 0.667.